The molecule has 1 saturated heterocycles. The van der Waals surface area contributed by atoms with E-state index < -0.39 is 25.9 Å². The van der Waals surface area contributed by atoms with Crippen molar-refractivity contribution in [2.45, 2.75) is 4.90 Å². The summed E-state index contributed by atoms with van der Waals surface area (Å²) in [4.78, 5) is 37.0. The summed E-state index contributed by atoms with van der Waals surface area (Å²) >= 11 is 7.07. The first-order valence-electron chi connectivity index (χ1n) is 10.0. The van der Waals surface area contributed by atoms with Crippen LogP contribution in [0, 0.1) is 20.2 Å². The smallest absolute Gasteiger partial charge is 0.339 e. The molecule has 0 radical (unpaired) electrons. The Morgan fingerprint density at radius 2 is 1.57 bits per heavy atom. The highest BCUT2D eigenvalue weighted by atomic mass is 35.5. The minimum atomic E-state index is -4.22. The highest BCUT2D eigenvalue weighted by Crippen LogP contribution is 2.33. The van der Waals surface area contributed by atoms with Gasteiger partial charge in [0.15, 0.2) is 5.17 Å². The fraction of sp³-hybridized carbons (Fsp3) is 0. The molecular weight excluding hydrogens is 548 g/mol. The Kier molecular flexibility index (Phi) is 7.24. The van der Waals surface area contributed by atoms with E-state index in [0.29, 0.717) is 10.5 Å². The third kappa shape index (κ3) is 6.11. The summed E-state index contributed by atoms with van der Waals surface area (Å²) in [7, 11) is -4.22. The molecule has 0 atom stereocenters. The molecule has 4 rings (SSSR count). The summed E-state index contributed by atoms with van der Waals surface area (Å²) in [6.07, 6.45) is 1.55. The zero-order valence-corrected chi connectivity index (χ0v) is 20.6. The van der Waals surface area contributed by atoms with Crippen LogP contribution in [0.15, 0.2) is 81.5 Å². The molecular formula is C22H13ClN4O8S2. The molecule has 37 heavy (non-hydrogen) atoms. The van der Waals surface area contributed by atoms with Crippen molar-refractivity contribution in [2.75, 3.05) is 0 Å². The molecule has 1 amide bonds. The van der Waals surface area contributed by atoms with Crippen LogP contribution in [0.2, 0.25) is 5.02 Å². The van der Waals surface area contributed by atoms with Crippen LogP contribution in [0.3, 0.4) is 0 Å². The number of amides is 1. The Labute approximate surface area is 218 Å². The number of nitrogens with zero attached hydrogens (tertiary/aromatic N) is 3. The molecule has 3 aromatic rings. The number of benzene rings is 3. The zero-order chi connectivity index (χ0) is 26.7. The highest BCUT2D eigenvalue weighted by molar-refractivity contribution is 8.18. The zero-order valence-electron chi connectivity index (χ0n) is 18.2. The van der Waals surface area contributed by atoms with Crippen molar-refractivity contribution >= 4 is 67.7 Å². The minimum absolute atomic E-state index is 0.000839. The fourth-order valence-corrected chi connectivity index (χ4v) is 4.95. The van der Waals surface area contributed by atoms with Crippen LogP contribution in [-0.2, 0) is 14.9 Å². The lowest BCUT2D eigenvalue weighted by molar-refractivity contribution is -0.385. The number of nitrogens with one attached hydrogen (secondary N) is 1. The Hall–Kier alpha value is -4.27. The number of amidine groups is 1. The molecule has 0 aromatic heterocycles. The van der Waals surface area contributed by atoms with Crippen molar-refractivity contribution in [2.24, 2.45) is 4.99 Å². The molecule has 3 aromatic carbocycles. The first-order chi connectivity index (χ1) is 17.5. The first kappa shape index (κ1) is 25.8. The monoisotopic (exact) mass is 560 g/mol. The highest BCUT2D eigenvalue weighted by Gasteiger charge is 2.24. The van der Waals surface area contributed by atoms with Gasteiger partial charge in [0, 0.05) is 24.3 Å². The van der Waals surface area contributed by atoms with Gasteiger partial charge in [0.05, 0.1) is 25.5 Å². The van der Waals surface area contributed by atoms with E-state index in [2.05, 4.69) is 10.3 Å². The molecule has 1 fully saturated rings. The topological polar surface area (TPSA) is 171 Å². The van der Waals surface area contributed by atoms with Crippen LogP contribution in [0.25, 0.3) is 6.08 Å². The number of nitro benzene ring substituents is 2. The second-order valence-corrected chi connectivity index (χ2v) is 10.2. The Morgan fingerprint density at radius 3 is 2.16 bits per heavy atom. The number of non-ortho nitro benzene ring substituents is 2. The van der Waals surface area contributed by atoms with Gasteiger partial charge in [0.25, 0.3) is 17.3 Å². The number of rotatable bonds is 7. The normalized spacial score (nSPS) is 15.5. The molecule has 1 heterocycles. The molecule has 0 unspecified atom stereocenters. The van der Waals surface area contributed by atoms with E-state index in [1.807, 2.05) is 0 Å². The molecule has 0 spiro atoms. The van der Waals surface area contributed by atoms with E-state index in [-0.39, 0.29) is 37.9 Å². The van der Waals surface area contributed by atoms with Gasteiger partial charge in [-0.25, -0.2) is 4.99 Å². The lowest BCUT2D eigenvalue weighted by atomic mass is 10.2. The molecule has 1 aliphatic rings. The summed E-state index contributed by atoms with van der Waals surface area (Å²) in [5.41, 5.74) is 0.360. The summed E-state index contributed by atoms with van der Waals surface area (Å²) in [5.74, 6) is -0.429. The Morgan fingerprint density at radius 1 is 0.946 bits per heavy atom. The van der Waals surface area contributed by atoms with Crippen molar-refractivity contribution in [1.29, 1.82) is 0 Å². The molecule has 12 nitrogen and oxygen atoms in total. The molecule has 15 heteroatoms. The van der Waals surface area contributed by atoms with E-state index in [4.69, 9.17) is 15.8 Å². The van der Waals surface area contributed by atoms with Crippen molar-refractivity contribution in [3.8, 4) is 5.75 Å². The standard InChI is InChI=1S/C22H13ClN4O8S2/c23-18-12-15(27(31)32)5-10-19(18)24-22-25-21(28)20(36-22)11-13-1-6-16(7-2-13)35-37(33,34)17-8-3-14(4-9-17)26(29)30/h1-12H,(H,24,25,28)/b20-11+. The second kappa shape index (κ2) is 10.4. The van der Waals surface area contributed by atoms with Crippen LogP contribution in [0.5, 0.6) is 5.75 Å². The van der Waals surface area contributed by atoms with Gasteiger partial charge in [-0.05, 0) is 53.7 Å². The largest absolute Gasteiger partial charge is 0.379 e. The number of carbonyl (C=O) groups excluding carboxylic acids is 1. The maximum absolute atomic E-state index is 12.4. The molecule has 1 aliphatic heterocycles. The van der Waals surface area contributed by atoms with E-state index in [9.17, 15) is 33.4 Å². The lowest BCUT2D eigenvalue weighted by Crippen LogP contribution is -2.19. The maximum atomic E-state index is 12.4. The van der Waals surface area contributed by atoms with Gasteiger partial charge < -0.3 is 9.50 Å². The minimum Gasteiger partial charge on any atom is -0.379 e. The fourth-order valence-electron chi connectivity index (χ4n) is 2.97. The van der Waals surface area contributed by atoms with Gasteiger partial charge >= 0.3 is 10.1 Å². The van der Waals surface area contributed by atoms with Gasteiger partial charge in [0.1, 0.15) is 10.6 Å². The quantitative estimate of drug-likeness (QED) is 0.184. The predicted octanol–water partition coefficient (Wildman–Crippen LogP) is 4.82. The number of nitro groups is 2. The van der Waals surface area contributed by atoms with Crippen LogP contribution >= 0.6 is 23.4 Å². The summed E-state index contributed by atoms with van der Waals surface area (Å²) in [6, 6.07) is 13.9. The van der Waals surface area contributed by atoms with Crippen molar-refractivity contribution in [1.82, 2.24) is 5.32 Å². The first-order valence-corrected chi connectivity index (χ1v) is 12.6. The maximum Gasteiger partial charge on any atom is 0.339 e. The average molecular weight is 561 g/mol. The third-order valence-electron chi connectivity index (χ3n) is 4.73. The van der Waals surface area contributed by atoms with E-state index in [1.165, 1.54) is 36.4 Å². The average Bonchev–Trinajstić information content (AvgIpc) is 3.19. The van der Waals surface area contributed by atoms with E-state index >= 15 is 0 Å². The molecule has 188 valence electrons. The van der Waals surface area contributed by atoms with E-state index in [1.54, 1.807) is 6.08 Å². The number of carbonyl (C=O) groups is 1. The Bertz CT molecular complexity index is 1590. The van der Waals surface area contributed by atoms with Gasteiger partial charge in [-0.15, -0.1) is 0 Å². The van der Waals surface area contributed by atoms with Crippen LogP contribution < -0.4 is 9.50 Å². The number of hydrogen-bond donors (Lipinski definition) is 1. The number of halogens is 1. The van der Waals surface area contributed by atoms with Gasteiger partial charge in [-0.1, -0.05) is 23.7 Å². The SMILES string of the molecule is O=C1NC(=Nc2ccc([N+](=O)[O-])cc2Cl)S/C1=C/c1ccc(OS(=O)(=O)c2ccc([N+](=O)[O-])cc2)cc1. The third-order valence-corrected chi connectivity index (χ3v) is 7.21. The van der Waals surface area contributed by atoms with Crippen molar-refractivity contribution in [3.05, 3.63) is 102 Å². The van der Waals surface area contributed by atoms with Gasteiger partial charge in [0.2, 0.25) is 0 Å². The summed E-state index contributed by atoms with van der Waals surface area (Å²) < 4.78 is 29.9. The number of aliphatic imine (C=N–C) groups is 1. The van der Waals surface area contributed by atoms with Crippen molar-refractivity contribution in [3.63, 3.8) is 0 Å². The molecule has 1 N–H and O–H groups in total. The Balaban J connectivity index is 1.46. The summed E-state index contributed by atoms with van der Waals surface area (Å²) in [5, 5.41) is 24.4. The predicted molar refractivity (Wildman–Crippen MR) is 136 cm³/mol. The van der Waals surface area contributed by atoms with E-state index in [0.717, 1.165) is 42.1 Å². The second-order valence-electron chi connectivity index (χ2n) is 7.23. The molecule has 0 saturated carbocycles. The van der Waals surface area contributed by atoms with Crippen LogP contribution in [-0.4, -0.2) is 29.3 Å². The molecule has 0 aliphatic carbocycles. The van der Waals surface area contributed by atoms with Crippen LogP contribution in [0.1, 0.15) is 5.56 Å². The number of hydrogen-bond acceptors (Lipinski definition) is 10. The lowest BCUT2D eigenvalue weighted by Gasteiger charge is -2.07. The number of thioether (sulfide) groups is 1. The van der Waals surface area contributed by atoms with Crippen molar-refractivity contribution < 1.29 is 27.2 Å². The van der Waals surface area contributed by atoms with Gasteiger partial charge in [-0.2, -0.15) is 8.42 Å². The van der Waals surface area contributed by atoms with Crippen LogP contribution in [0.4, 0.5) is 17.1 Å². The molecule has 0 bridgehead atoms. The summed E-state index contributed by atoms with van der Waals surface area (Å²) in [6.45, 7) is 0. The van der Waals surface area contributed by atoms with Gasteiger partial charge in [-0.3, -0.25) is 25.0 Å².